The van der Waals surface area contributed by atoms with Crippen LogP contribution in [0.4, 0.5) is 0 Å². The lowest BCUT2D eigenvalue weighted by molar-refractivity contribution is -0.135. The molecule has 0 aliphatic rings. The summed E-state index contributed by atoms with van der Waals surface area (Å²) < 4.78 is 16.4. The first-order chi connectivity index (χ1) is 9.65. The van der Waals surface area contributed by atoms with E-state index in [0.29, 0.717) is 6.42 Å². The van der Waals surface area contributed by atoms with Gasteiger partial charge < -0.3 is 18.2 Å². The predicted octanol–water partition coefficient (Wildman–Crippen LogP) is 2.83. The summed E-state index contributed by atoms with van der Waals surface area (Å²) in [5.74, 6) is -0.0689. The zero-order valence-electron chi connectivity index (χ0n) is 14.8. The van der Waals surface area contributed by atoms with E-state index in [4.69, 9.17) is 13.3 Å². The van der Waals surface area contributed by atoms with Crippen LogP contribution in [0.3, 0.4) is 0 Å². The normalized spacial score (nSPS) is 12.8. The molecule has 0 bridgehead atoms. The molecule has 0 spiro atoms. The minimum absolute atomic E-state index is 0.0689. The van der Waals surface area contributed by atoms with Gasteiger partial charge in [0.05, 0.1) is 6.42 Å². The van der Waals surface area contributed by atoms with Gasteiger partial charge in [0.1, 0.15) is 0 Å². The summed E-state index contributed by atoms with van der Waals surface area (Å²) in [6.07, 6.45) is 1.50. The summed E-state index contributed by atoms with van der Waals surface area (Å²) in [7, 11) is -0.281. The summed E-state index contributed by atoms with van der Waals surface area (Å²) in [6, 6.07) is 0.968. The first-order valence-corrected chi connectivity index (χ1v) is 13.6. The molecule has 7 heteroatoms. The van der Waals surface area contributed by atoms with E-state index in [1.54, 1.807) is 14.2 Å². The lowest BCUT2D eigenvalue weighted by Gasteiger charge is -2.25. The van der Waals surface area contributed by atoms with Crippen molar-refractivity contribution in [3.05, 3.63) is 0 Å². The Kier molecular flexibility index (Phi) is 9.63. The molecule has 21 heavy (non-hydrogen) atoms. The average Bonchev–Trinajstić information content (AvgIpc) is 2.40. The Labute approximate surface area is 132 Å². The van der Waals surface area contributed by atoms with Crippen LogP contribution in [0.1, 0.15) is 19.8 Å². The quantitative estimate of drug-likeness (QED) is 0.543. The summed E-state index contributed by atoms with van der Waals surface area (Å²) >= 11 is 0. The summed E-state index contributed by atoms with van der Waals surface area (Å²) in [5.41, 5.74) is 0. The van der Waals surface area contributed by atoms with Crippen molar-refractivity contribution < 1.29 is 18.1 Å². The van der Waals surface area contributed by atoms with Crippen LogP contribution in [0.5, 0.6) is 0 Å². The van der Waals surface area contributed by atoms with E-state index in [2.05, 4.69) is 18.4 Å². The first-order valence-electron chi connectivity index (χ1n) is 7.70. The topological polar surface area (TPSA) is 48.0 Å². The predicted molar refractivity (Wildman–Crippen MR) is 91.2 cm³/mol. The molecule has 5 nitrogen and oxygen atoms in total. The highest BCUT2D eigenvalue weighted by atomic mass is 28.4. The second kappa shape index (κ2) is 9.73. The molecule has 0 atom stereocenters. The first kappa shape index (κ1) is 20.8. The second-order valence-electron chi connectivity index (χ2n) is 6.42. The Balaban J connectivity index is 4.04. The van der Waals surface area contributed by atoms with Gasteiger partial charge in [-0.15, -0.1) is 0 Å². The number of hydrogen-bond acceptors (Lipinski definition) is 5. The zero-order chi connectivity index (χ0) is 16.5. The lowest BCUT2D eigenvalue weighted by atomic mass is 10.3. The maximum atomic E-state index is 11.8. The minimum Gasteiger partial charge on any atom is -0.520 e. The molecule has 0 saturated heterocycles. The number of hydrogen-bond donors (Lipinski definition) is 0. The number of carbonyl (C=O) groups excluding carboxylic acids is 1. The molecule has 0 aromatic heterocycles. The van der Waals surface area contributed by atoms with Gasteiger partial charge in [0.2, 0.25) is 8.32 Å². The van der Waals surface area contributed by atoms with Crippen molar-refractivity contribution in [2.75, 3.05) is 33.9 Å². The highest BCUT2D eigenvalue weighted by molar-refractivity contribution is 6.71. The van der Waals surface area contributed by atoms with Crippen molar-refractivity contribution in [3.8, 4) is 0 Å². The van der Waals surface area contributed by atoms with E-state index < -0.39 is 16.9 Å². The van der Waals surface area contributed by atoms with Gasteiger partial charge in [0.15, 0.2) is 0 Å². The third-order valence-electron chi connectivity index (χ3n) is 3.47. The van der Waals surface area contributed by atoms with Gasteiger partial charge in [-0.1, -0.05) is 6.92 Å². The number of nitrogens with zero attached hydrogens (tertiary/aromatic N) is 1. The molecule has 0 heterocycles. The van der Waals surface area contributed by atoms with E-state index in [-0.39, 0.29) is 5.97 Å². The molecule has 0 rings (SSSR count). The third kappa shape index (κ3) is 10.2. The van der Waals surface area contributed by atoms with Gasteiger partial charge in [-0.05, 0) is 51.7 Å². The smallest absolute Gasteiger partial charge is 0.334 e. The third-order valence-corrected chi connectivity index (χ3v) is 7.30. The van der Waals surface area contributed by atoms with Crippen LogP contribution in [0.2, 0.25) is 32.2 Å². The molecule has 0 aromatic rings. The van der Waals surface area contributed by atoms with Crippen molar-refractivity contribution in [1.82, 2.24) is 4.90 Å². The largest absolute Gasteiger partial charge is 0.520 e. The maximum absolute atomic E-state index is 11.8. The molecule has 0 aromatic carbocycles. The van der Waals surface area contributed by atoms with Gasteiger partial charge in [0, 0.05) is 20.8 Å². The summed E-state index contributed by atoms with van der Waals surface area (Å²) in [4.78, 5) is 14.0. The number of rotatable bonds is 11. The summed E-state index contributed by atoms with van der Waals surface area (Å²) in [5, 5.41) is 0. The molecular weight excluding hydrogens is 302 g/mol. The molecule has 0 fully saturated rings. The van der Waals surface area contributed by atoms with E-state index in [0.717, 1.165) is 32.1 Å². The van der Waals surface area contributed by atoms with Crippen LogP contribution in [-0.4, -0.2) is 61.6 Å². The molecule has 0 amide bonds. The molecule has 0 N–H and O–H groups in total. The Bertz CT molecular complexity index is 304. The minimum atomic E-state index is -1.97. The second-order valence-corrected chi connectivity index (χ2v) is 14.4. The molecule has 0 aliphatic carbocycles. The van der Waals surface area contributed by atoms with Crippen molar-refractivity contribution in [2.45, 2.75) is 52.0 Å². The standard InChI is InChI=1S/C14H33NO4Si2/c1-8-15(11-9-13-21(7,17-2)18-3)12-10-14(16)19-20(4,5)6/h8-13H2,1-7H3. The van der Waals surface area contributed by atoms with Crippen LogP contribution in [0, 0.1) is 0 Å². The Morgan fingerprint density at radius 2 is 1.62 bits per heavy atom. The molecule has 0 saturated carbocycles. The van der Waals surface area contributed by atoms with Gasteiger partial charge in [-0.3, -0.25) is 4.79 Å². The molecule has 126 valence electrons. The van der Waals surface area contributed by atoms with E-state index >= 15 is 0 Å². The molecular formula is C14H33NO4Si2. The maximum Gasteiger partial charge on any atom is 0.334 e. The molecule has 0 radical (unpaired) electrons. The van der Waals surface area contributed by atoms with Crippen molar-refractivity contribution in [1.29, 1.82) is 0 Å². The van der Waals surface area contributed by atoms with Crippen LogP contribution >= 0.6 is 0 Å². The van der Waals surface area contributed by atoms with Crippen LogP contribution < -0.4 is 0 Å². The van der Waals surface area contributed by atoms with Crippen molar-refractivity contribution >= 4 is 22.8 Å². The van der Waals surface area contributed by atoms with Crippen LogP contribution in [0.15, 0.2) is 0 Å². The highest BCUT2D eigenvalue weighted by Crippen LogP contribution is 2.14. The highest BCUT2D eigenvalue weighted by Gasteiger charge is 2.28. The van der Waals surface area contributed by atoms with E-state index in [1.807, 2.05) is 19.6 Å². The van der Waals surface area contributed by atoms with Gasteiger partial charge >= 0.3 is 8.56 Å². The fraction of sp³-hybridized carbons (Fsp3) is 0.929. The summed E-state index contributed by atoms with van der Waals surface area (Å²) in [6.45, 7) is 13.0. The fourth-order valence-electron chi connectivity index (χ4n) is 1.98. The van der Waals surface area contributed by atoms with Gasteiger partial charge in [0.25, 0.3) is 5.97 Å². The monoisotopic (exact) mass is 335 g/mol. The molecule has 0 unspecified atom stereocenters. The van der Waals surface area contributed by atoms with Crippen molar-refractivity contribution in [3.63, 3.8) is 0 Å². The Morgan fingerprint density at radius 3 is 2.05 bits per heavy atom. The van der Waals surface area contributed by atoms with E-state index in [1.165, 1.54) is 0 Å². The fourth-order valence-corrected chi connectivity index (χ4v) is 4.14. The Hall–Kier alpha value is -0.216. The van der Waals surface area contributed by atoms with Gasteiger partial charge in [-0.2, -0.15) is 0 Å². The zero-order valence-corrected chi connectivity index (χ0v) is 16.8. The van der Waals surface area contributed by atoms with Gasteiger partial charge in [-0.25, -0.2) is 0 Å². The van der Waals surface area contributed by atoms with Crippen molar-refractivity contribution in [2.24, 2.45) is 0 Å². The molecule has 0 aliphatic heterocycles. The van der Waals surface area contributed by atoms with E-state index in [9.17, 15) is 4.79 Å². The number of carbonyl (C=O) groups is 1. The van der Waals surface area contributed by atoms with Crippen LogP contribution in [-0.2, 0) is 18.1 Å². The van der Waals surface area contributed by atoms with Crippen LogP contribution in [0.25, 0.3) is 0 Å². The lowest BCUT2D eigenvalue weighted by Crippen LogP contribution is -2.37. The Morgan fingerprint density at radius 1 is 1.05 bits per heavy atom. The SMILES string of the molecule is CCN(CCC[Si](C)(OC)OC)CCC(=O)O[Si](C)(C)C. The average molecular weight is 336 g/mol.